The summed E-state index contributed by atoms with van der Waals surface area (Å²) in [6.07, 6.45) is 3.61. The Balaban J connectivity index is 1.42. The van der Waals surface area contributed by atoms with Gasteiger partial charge in [-0.25, -0.2) is 0 Å². The first kappa shape index (κ1) is 31.3. The molecule has 8 heteroatoms. The zero-order valence-corrected chi connectivity index (χ0v) is 25.4. The molecule has 0 spiro atoms. The van der Waals surface area contributed by atoms with Gasteiger partial charge >= 0.3 is 0 Å². The van der Waals surface area contributed by atoms with Crippen LogP contribution in [0.2, 0.25) is 0 Å². The lowest BCUT2D eigenvalue weighted by atomic mass is 9.47. The highest BCUT2D eigenvalue weighted by atomic mass is 16.7. The van der Waals surface area contributed by atoms with Crippen LogP contribution in [0.15, 0.2) is 23.3 Å². The van der Waals surface area contributed by atoms with Crippen LogP contribution >= 0.6 is 0 Å². The highest BCUT2D eigenvalue weighted by Gasteiger charge is 2.60. The van der Waals surface area contributed by atoms with Crippen LogP contribution in [-0.4, -0.2) is 80.8 Å². The molecule has 3 saturated carbocycles. The molecule has 14 atom stereocenters. The van der Waals surface area contributed by atoms with Gasteiger partial charge in [0.2, 0.25) is 0 Å². The van der Waals surface area contributed by atoms with E-state index in [1.807, 2.05) is 13.8 Å². The number of fused-ring (bicyclic) bond motifs is 5. The molecule has 1 aliphatic heterocycles. The fourth-order valence-corrected chi connectivity index (χ4v) is 9.84. The molecule has 0 aromatic heterocycles. The van der Waals surface area contributed by atoms with Gasteiger partial charge in [0.1, 0.15) is 24.4 Å². The van der Waals surface area contributed by atoms with E-state index in [9.17, 15) is 30.3 Å². The second kappa shape index (κ2) is 11.8. The quantitative estimate of drug-likeness (QED) is 0.230. The molecule has 4 aliphatic carbocycles. The van der Waals surface area contributed by atoms with E-state index in [0.29, 0.717) is 30.6 Å². The molecule has 5 rings (SSSR count). The average molecular weight is 577 g/mol. The van der Waals surface area contributed by atoms with Crippen LogP contribution in [0.1, 0.15) is 86.0 Å². The average Bonchev–Trinajstić information content (AvgIpc) is 3.26. The lowest BCUT2D eigenvalue weighted by Gasteiger charge is -2.59. The largest absolute Gasteiger partial charge is 0.394 e. The van der Waals surface area contributed by atoms with Crippen LogP contribution in [-0.2, 0) is 14.3 Å². The van der Waals surface area contributed by atoms with Crippen LogP contribution in [0.4, 0.5) is 0 Å². The summed E-state index contributed by atoms with van der Waals surface area (Å²) in [5, 5.41) is 51.9. The monoisotopic (exact) mass is 576 g/mol. The molecule has 0 amide bonds. The van der Waals surface area contributed by atoms with Gasteiger partial charge in [-0.05, 0) is 105 Å². The Morgan fingerprint density at radius 3 is 2.49 bits per heavy atom. The van der Waals surface area contributed by atoms with Gasteiger partial charge in [-0.15, -0.1) is 0 Å². The van der Waals surface area contributed by atoms with Crippen molar-refractivity contribution in [2.24, 2.45) is 40.4 Å². The minimum absolute atomic E-state index is 0.0169. The SMILES string of the molecule is CC(C)=CC(=O)C[C@@H](C)[C@H]1CC[C@H]2[C@@H]3CC(O[C@@H]4O[C@H](CO)[C@@H](O)[C@H](O)[C@H]4O)C4CC(O)CC[C@]4(C)C3=CC[C@]12C. The third kappa shape index (κ3) is 5.52. The standard InChI is InChI=1S/C33H52O8/c1-17(2)12-20(36)13-18(3)22-6-7-23-21-15-26(40-31-30(39)29(38)28(37)27(16-34)41-31)25-14-19(35)8-10-33(25,5)24(21)9-11-32(22,23)4/h9,12,18-19,21-23,25-31,34-35,37-39H,6-8,10-11,13-16H2,1-5H3/t18-,19?,21+,22-,23+,25?,26?,27-,28-,29+,30-,31-,32-,33-/m1/s1. The van der Waals surface area contributed by atoms with Crippen molar-refractivity contribution in [2.75, 3.05) is 6.61 Å². The fourth-order valence-electron chi connectivity index (χ4n) is 9.84. The van der Waals surface area contributed by atoms with Gasteiger partial charge in [0.25, 0.3) is 0 Å². The molecular weight excluding hydrogens is 524 g/mol. The normalized spacial score (nSPS) is 48.3. The highest BCUT2D eigenvalue weighted by Crippen LogP contribution is 2.67. The first-order valence-corrected chi connectivity index (χ1v) is 15.8. The van der Waals surface area contributed by atoms with E-state index in [1.165, 1.54) is 5.57 Å². The van der Waals surface area contributed by atoms with Gasteiger partial charge in [-0.1, -0.05) is 38.0 Å². The fraction of sp³-hybridized carbons (Fsp3) is 0.848. The number of aliphatic hydroxyl groups excluding tert-OH is 5. The maximum absolute atomic E-state index is 12.7. The second-order valence-corrected chi connectivity index (χ2v) is 14.7. The lowest BCUT2D eigenvalue weighted by molar-refractivity contribution is -0.322. The van der Waals surface area contributed by atoms with E-state index in [0.717, 1.165) is 44.1 Å². The molecule has 0 aromatic carbocycles. The molecule has 41 heavy (non-hydrogen) atoms. The van der Waals surface area contributed by atoms with E-state index < -0.39 is 43.4 Å². The van der Waals surface area contributed by atoms with Gasteiger partial charge in [-0.2, -0.15) is 0 Å². The summed E-state index contributed by atoms with van der Waals surface area (Å²) in [6.45, 7) is 10.4. The van der Waals surface area contributed by atoms with Crippen molar-refractivity contribution in [1.82, 2.24) is 0 Å². The molecule has 0 aromatic rings. The van der Waals surface area contributed by atoms with Crippen molar-refractivity contribution < 1.29 is 39.8 Å². The number of rotatable bonds is 7. The number of hydrogen-bond acceptors (Lipinski definition) is 8. The van der Waals surface area contributed by atoms with Crippen molar-refractivity contribution in [1.29, 1.82) is 0 Å². The van der Waals surface area contributed by atoms with Gasteiger partial charge in [-0.3, -0.25) is 4.79 Å². The minimum atomic E-state index is -1.49. The maximum Gasteiger partial charge on any atom is 0.186 e. The Hall–Kier alpha value is -1.13. The highest BCUT2D eigenvalue weighted by molar-refractivity contribution is 5.90. The molecule has 3 unspecified atom stereocenters. The van der Waals surface area contributed by atoms with E-state index >= 15 is 0 Å². The molecule has 5 aliphatic rings. The Kier molecular flexibility index (Phi) is 8.97. The first-order valence-electron chi connectivity index (χ1n) is 15.8. The summed E-state index contributed by atoms with van der Waals surface area (Å²) in [5.41, 5.74) is 2.44. The number of allylic oxidation sites excluding steroid dienone is 4. The third-order valence-corrected chi connectivity index (χ3v) is 11.9. The molecule has 0 radical (unpaired) electrons. The van der Waals surface area contributed by atoms with Crippen molar-refractivity contribution in [3.05, 3.63) is 23.3 Å². The Labute approximate surface area is 244 Å². The maximum atomic E-state index is 12.7. The van der Waals surface area contributed by atoms with Crippen LogP contribution in [0, 0.1) is 40.4 Å². The molecule has 4 fully saturated rings. The van der Waals surface area contributed by atoms with Crippen molar-refractivity contribution >= 4 is 5.78 Å². The molecule has 5 N–H and O–H groups in total. The Morgan fingerprint density at radius 2 is 1.80 bits per heavy atom. The summed E-state index contributed by atoms with van der Waals surface area (Å²) in [6, 6.07) is 0. The summed E-state index contributed by atoms with van der Waals surface area (Å²) in [4.78, 5) is 12.7. The smallest absolute Gasteiger partial charge is 0.186 e. The number of aliphatic hydroxyl groups is 5. The number of carbonyl (C=O) groups excluding carboxylic acids is 1. The minimum Gasteiger partial charge on any atom is -0.394 e. The molecule has 0 bridgehead atoms. The summed E-state index contributed by atoms with van der Waals surface area (Å²) < 4.78 is 12.3. The van der Waals surface area contributed by atoms with Crippen molar-refractivity contribution in [3.8, 4) is 0 Å². The molecular formula is C33H52O8. The first-order chi connectivity index (χ1) is 19.3. The Bertz CT molecular complexity index is 1030. The van der Waals surface area contributed by atoms with E-state index in [-0.39, 0.29) is 34.6 Å². The van der Waals surface area contributed by atoms with E-state index in [4.69, 9.17) is 9.47 Å². The zero-order chi connectivity index (χ0) is 29.9. The van der Waals surface area contributed by atoms with Crippen LogP contribution in [0.25, 0.3) is 0 Å². The number of ether oxygens (including phenoxy) is 2. The van der Waals surface area contributed by atoms with Crippen LogP contribution < -0.4 is 0 Å². The van der Waals surface area contributed by atoms with Crippen molar-refractivity contribution in [3.63, 3.8) is 0 Å². The van der Waals surface area contributed by atoms with Gasteiger partial charge in [0.15, 0.2) is 12.1 Å². The Morgan fingerprint density at radius 1 is 1.07 bits per heavy atom. The summed E-state index contributed by atoms with van der Waals surface area (Å²) in [5.74, 6) is 1.69. The van der Waals surface area contributed by atoms with E-state index in [1.54, 1.807) is 6.08 Å². The predicted octanol–water partition coefficient (Wildman–Crippen LogP) is 3.28. The molecule has 1 heterocycles. The van der Waals surface area contributed by atoms with Gasteiger partial charge in [0, 0.05) is 6.42 Å². The molecule has 232 valence electrons. The van der Waals surface area contributed by atoms with Crippen molar-refractivity contribution in [2.45, 2.75) is 129 Å². The molecule has 8 nitrogen and oxygen atoms in total. The van der Waals surface area contributed by atoms with Crippen LogP contribution in [0.5, 0.6) is 0 Å². The lowest BCUT2D eigenvalue weighted by Crippen LogP contribution is -2.61. The van der Waals surface area contributed by atoms with Gasteiger partial charge in [0.05, 0.1) is 18.8 Å². The number of carbonyl (C=O) groups is 1. The van der Waals surface area contributed by atoms with Gasteiger partial charge < -0.3 is 35.0 Å². The third-order valence-electron chi connectivity index (χ3n) is 11.9. The topological polar surface area (TPSA) is 137 Å². The summed E-state index contributed by atoms with van der Waals surface area (Å²) >= 11 is 0. The number of hydrogen-bond donors (Lipinski definition) is 5. The zero-order valence-electron chi connectivity index (χ0n) is 25.4. The summed E-state index contributed by atoms with van der Waals surface area (Å²) in [7, 11) is 0. The second-order valence-electron chi connectivity index (χ2n) is 14.7. The number of ketones is 1. The predicted molar refractivity (Wildman–Crippen MR) is 153 cm³/mol. The van der Waals surface area contributed by atoms with Crippen LogP contribution in [0.3, 0.4) is 0 Å². The van der Waals surface area contributed by atoms with E-state index in [2.05, 4.69) is 26.8 Å². The molecule has 1 saturated heterocycles.